The van der Waals surface area contributed by atoms with Gasteiger partial charge in [0.25, 0.3) is 11.5 Å². The predicted octanol–water partition coefficient (Wildman–Crippen LogP) is 3.14. The van der Waals surface area contributed by atoms with Crippen LogP contribution in [-0.4, -0.2) is 47.0 Å². The summed E-state index contributed by atoms with van der Waals surface area (Å²) in [6, 6.07) is 5.65. The van der Waals surface area contributed by atoms with Gasteiger partial charge in [-0.25, -0.2) is 4.98 Å². The lowest BCUT2D eigenvalue weighted by atomic mass is 9.95. The molecule has 1 unspecified atom stereocenters. The number of piperidine rings is 1. The molecule has 2 aliphatic rings. The number of hydrogen-bond acceptors (Lipinski definition) is 7. The minimum absolute atomic E-state index is 0.0355. The molecule has 0 bridgehead atoms. The maximum Gasteiger partial charge on any atom is 0.310 e. The second-order valence-corrected chi connectivity index (χ2v) is 9.55. The third kappa shape index (κ3) is 5.43. The Hall–Kier alpha value is -3.67. The number of amides is 1. The summed E-state index contributed by atoms with van der Waals surface area (Å²) in [5.41, 5.74) is 0.986. The number of nitrogens with one attached hydrogen (secondary N) is 1. The standard InChI is InChI=1S/C27H33N5O4/c1-3-36-27(35)19-10-8-13-31(17-19)24-22(26(34)32-14-7-9-18(2)23(32)30-24)15-20(16-28)25(33)29-21-11-5-4-6-12-21/h7,9,14-15,19,21H,3-6,8,10-13,17H2,1-2H3,(H,29,33)/b20-15+. The average Bonchev–Trinajstić information content (AvgIpc) is 2.89. The van der Waals surface area contributed by atoms with Gasteiger partial charge < -0.3 is 15.0 Å². The fourth-order valence-corrected chi connectivity index (χ4v) is 5.09. The fraction of sp³-hybridized carbons (Fsp3) is 0.519. The molecule has 1 saturated carbocycles. The third-order valence-corrected chi connectivity index (χ3v) is 7.00. The number of fused-ring (bicyclic) bond motifs is 1. The zero-order valence-corrected chi connectivity index (χ0v) is 21.0. The first-order chi connectivity index (χ1) is 17.4. The van der Waals surface area contributed by atoms with Crippen LogP contribution in [0.3, 0.4) is 0 Å². The Bertz CT molecular complexity index is 1270. The first-order valence-corrected chi connectivity index (χ1v) is 12.8. The highest BCUT2D eigenvalue weighted by Crippen LogP contribution is 2.27. The number of ether oxygens (including phenoxy) is 1. The maximum atomic E-state index is 13.6. The van der Waals surface area contributed by atoms with E-state index < -0.39 is 5.91 Å². The van der Waals surface area contributed by atoms with Crippen molar-refractivity contribution in [3.05, 3.63) is 45.4 Å². The number of esters is 1. The number of carbonyl (C=O) groups is 2. The fourth-order valence-electron chi connectivity index (χ4n) is 5.09. The van der Waals surface area contributed by atoms with Gasteiger partial charge in [0.2, 0.25) is 0 Å². The number of pyridine rings is 1. The molecule has 1 saturated heterocycles. The summed E-state index contributed by atoms with van der Waals surface area (Å²) in [6.45, 7) is 4.90. The zero-order chi connectivity index (χ0) is 25.7. The molecule has 1 aliphatic heterocycles. The van der Waals surface area contributed by atoms with Crippen molar-refractivity contribution in [3.8, 4) is 6.07 Å². The van der Waals surface area contributed by atoms with Crippen LogP contribution in [0.15, 0.2) is 28.7 Å². The van der Waals surface area contributed by atoms with Crippen LogP contribution in [0.2, 0.25) is 0 Å². The number of aryl methyl sites for hydroxylation is 1. The molecule has 2 fully saturated rings. The van der Waals surface area contributed by atoms with Crippen LogP contribution in [0.4, 0.5) is 5.82 Å². The topological polar surface area (TPSA) is 117 Å². The number of nitrogens with zero attached hydrogens (tertiary/aromatic N) is 4. The SMILES string of the molecule is CCOC(=O)C1CCCN(c2nc3c(C)cccn3c(=O)c2/C=C(\C#N)C(=O)NC2CCCCC2)C1. The lowest BCUT2D eigenvalue weighted by molar-refractivity contribution is -0.148. The van der Waals surface area contributed by atoms with Crippen molar-refractivity contribution in [2.75, 3.05) is 24.6 Å². The Balaban J connectivity index is 1.76. The molecule has 1 atom stereocenters. The zero-order valence-electron chi connectivity index (χ0n) is 21.0. The maximum absolute atomic E-state index is 13.6. The van der Waals surface area contributed by atoms with Crippen LogP contribution in [-0.2, 0) is 14.3 Å². The Morgan fingerprint density at radius 3 is 2.75 bits per heavy atom. The van der Waals surface area contributed by atoms with Gasteiger partial charge in [0.05, 0.1) is 18.1 Å². The van der Waals surface area contributed by atoms with Crippen LogP contribution >= 0.6 is 0 Å². The van der Waals surface area contributed by atoms with Crippen molar-refractivity contribution < 1.29 is 14.3 Å². The van der Waals surface area contributed by atoms with Gasteiger partial charge in [0.1, 0.15) is 23.1 Å². The van der Waals surface area contributed by atoms with Crippen molar-refractivity contribution in [2.45, 2.75) is 64.8 Å². The molecule has 190 valence electrons. The number of carbonyl (C=O) groups excluding carboxylic acids is 2. The number of rotatable bonds is 6. The summed E-state index contributed by atoms with van der Waals surface area (Å²) >= 11 is 0. The van der Waals surface area contributed by atoms with Gasteiger partial charge in [0, 0.05) is 25.3 Å². The second kappa shape index (κ2) is 11.4. The molecule has 9 nitrogen and oxygen atoms in total. The third-order valence-electron chi connectivity index (χ3n) is 7.00. The lowest BCUT2D eigenvalue weighted by Crippen LogP contribution is -2.41. The molecule has 0 spiro atoms. The largest absolute Gasteiger partial charge is 0.466 e. The van der Waals surface area contributed by atoms with Gasteiger partial charge in [-0.2, -0.15) is 5.26 Å². The van der Waals surface area contributed by atoms with E-state index in [0.29, 0.717) is 37.6 Å². The molecule has 1 amide bonds. The molecule has 0 aromatic carbocycles. The number of anilines is 1. The Morgan fingerprint density at radius 1 is 1.25 bits per heavy atom. The van der Waals surface area contributed by atoms with Crippen molar-refractivity contribution in [3.63, 3.8) is 0 Å². The highest BCUT2D eigenvalue weighted by Gasteiger charge is 2.30. The summed E-state index contributed by atoms with van der Waals surface area (Å²) in [7, 11) is 0. The lowest BCUT2D eigenvalue weighted by Gasteiger charge is -2.33. The molecule has 0 radical (unpaired) electrons. The van der Waals surface area contributed by atoms with Crippen molar-refractivity contribution in [1.82, 2.24) is 14.7 Å². The van der Waals surface area contributed by atoms with E-state index in [2.05, 4.69) is 5.32 Å². The van der Waals surface area contributed by atoms with Gasteiger partial charge in [-0.05, 0) is 57.2 Å². The number of aromatic nitrogens is 2. The van der Waals surface area contributed by atoms with E-state index in [0.717, 1.165) is 44.1 Å². The van der Waals surface area contributed by atoms with E-state index in [9.17, 15) is 19.6 Å². The van der Waals surface area contributed by atoms with Crippen molar-refractivity contribution in [1.29, 1.82) is 5.26 Å². The minimum atomic E-state index is -0.480. The van der Waals surface area contributed by atoms with Gasteiger partial charge in [0.15, 0.2) is 0 Å². The van der Waals surface area contributed by atoms with Crippen LogP contribution in [0.25, 0.3) is 11.7 Å². The van der Waals surface area contributed by atoms with E-state index in [1.807, 2.05) is 24.0 Å². The quantitative estimate of drug-likeness (QED) is 0.375. The summed E-state index contributed by atoms with van der Waals surface area (Å²) in [5, 5.41) is 12.8. The van der Waals surface area contributed by atoms with Gasteiger partial charge in [-0.1, -0.05) is 25.3 Å². The molecule has 2 aromatic heterocycles. The molecule has 9 heteroatoms. The predicted molar refractivity (Wildman–Crippen MR) is 136 cm³/mol. The molecule has 1 N–H and O–H groups in total. The van der Waals surface area contributed by atoms with Crippen LogP contribution in [0.1, 0.15) is 63.0 Å². The van der Waals surface area contributed by atoms with E-state index >= 15 is 0 Å². The van der Waals surface area contributed by atoms with E-state index in [1.165, 1.54) is 10.5 Å². The molecule has 1 aliphatic carbocycles. The molecule has 36 heavy (non-hydrogen) atoms. The summed E-state index contributed by atoms with van der Waals surface area (Å²) < 4.78 is 6.67. The molecule has 4 rings (SSSR count). The minimum Gasteiger partial charge on any atom is -0.466 e. The summed E-state index contributed by atoms with van der Waals surface area (Å²) in [6.07, 6.45) is 9.43. The van der Waals surface area contributed by atoms with Crippen LogP contribution in [0, 0.1) is 24.2 Å². The van der Waals surface area contributed by atoms with Gasteiger partial charge in [-0.3, -0.25) is 18.8 Å². The van der Waals surface area contributed by atoms with Crippen LogP contribution in [0.5, 0.6) is 0 Å². The molecular formula is C27H33N5O4. The second-order valence-electron chi connectivity index (χ2n) is 9.55. The Labute approximate surface area is 210 Å². The molecular weight excluding hydrogens is 458 g/mol. The molecule has 2 aromatic rings. The summed E-state index contributed by atoms with van der Waals surface area (Å²) in [4.78, 5) is 45.8. The average molecular weight is 492 g/mol. The molecule has 3 heterocycles. The Kier molecular flexibility index (Phi) is 8.04. The van der Waals surface area contributed by atoms with Gasteiger partial charge in [-0.15, -0.1) is 0 Å². The first kappa shape index (κ1) is 25.4. The first-order valence-electron chi connectivity index (χ1n) is 12.8. The van der Waals surface area contributed by atoms with E-state index in [1.54, 1.807) is 19.2 Å². The van der Waals surface area contributed by atoms with Gasteiger partial charge >= 0.3 is 5.97 Å². The highest BCUT2D eigenvalue weighted by molar-refractivity contribution is 6.02. The normalized spacial score (nSPS) is 19.1. The van der Waals surface area contributed by atoms with Crippen LogP contribution < -0.4 is 15.8 Å². The highest BCUT2D eigenvalue weighted by atomic mass is 16.5. The van der Waals surface area contributed by atoms with E-state index in [4.69, 9.17) is 9.72 Å². The van der Waals surface area contributed by atoms with E-state index in [-0.39, 0.29) is 34.6 Å². The Morgan fingerprint density at radius 2 is 2.03 bits per heavy atom. The summed E-state index contributed by atoms with van der Waals surface area (Å²) in [5.74, 6) is -0.705. The monoisotopic (exact) mass is 491 g/mol. The smallest absolute Gasteiger partial charge is 0.310 e. The van der Waals surface area contributed by atoms with Crippen molar-refractivity contribution >= 4 is 29.4 Å². The number of hydrogen-bond donors (Lipinski definition) is 1. The number of nitriles is 1. The van der Waals surface area contributed by atoms with Crippen molar-refractivity contribution in [2.24, 2.45) is 5.92 Å².